The van der Waals surface area contributed by atoms with Crippen LogP contribution in [0, 0.1) is 0 Å². The first-order valence-electron chi connectivity index (χ1n) is 6.60. The molecule has 5 nitrogen and oxygen atoms in total. The Hall–Kier alpha value is -2.18. The second-order valence-corrected chi connectivity index (χ2v) is 7.43. The first kappa shape index (κ1) is 17.2. The average molecular weight is 352 g/mol. The van der Waals surface area contributed by atoms with Gasteiger partial charge in [-0.2, -0.15) is 0 Å². The van der Waals surface area contributed by atoms with Gasteiger partial charge in [0.25, 0.3) is 5.91 Å². The van der Waals surface area contributed by atoms with Gasteiger partial charge in [-0.3, -0.25) is 14.9 Å². The number of fused-ring (bicyclic) bond motifs is 1. The normalized spacial score (nSPS) is 11.1. The van der Waals surface area contributed by atoms with Crippen LogP contribution in [0.15, 0.2) is 47.4 Å². The van der Waals surface area contributed by atoms with Gasteiger partial charge in [-0.05, 0) is 35.4 Å². The number of rotatable bonds is 2. The molecule has 23 heavy (non-hydrogen) atoms. The Labute approximate surface area is 139 Å². The number of imide groups is 1. The summed E-state index contributed by atoms with van der Waals surface area (Å²) in [6.45, 7) is 1.19. The summed E-state index contributed by atoms with van der Waals surface area (Å²) >= 11 is 5.78. The number of carbonyl (C=O) groups is 2. The van der Waals surface area contributed by atoms with Gasteiger partial charge in [0.15, 0.2) is 9.84 Å². The molecule has 0 unspecified atom stereocenters. The molecule has 0 fully saturated rings. The largest absolute Gasteiger partial charge is 0.293 e. The molecule has 1 N–H and O–H groups in total. The molecule has 7 heteroatoms. The fourth-order valence-electron chi connectivity index (χ4n) is 1.81. The van der Waals surface area contributed by atoms with Crippen LogP contribution in [-0.2, 0) is 14.6 Å². The Balaban J connectivity index is 0.000000260. The minimum atomic E-state index is -3.37. The van der Waals surface area contributed by atoms with Gasteiger partial charge < -0.3 is 0 Å². The van der Waals surface area contributed by atoms with Crippen molar-refractivity contribution in [3.63, 3.8) is 0 Å². The summed E-state index contributed by atoms with van der Waals surface area (Å²) in [6.07, 6.45) is 1.04. The van der Waals surface area contributed by atoms with Crippen molar-refractivity contribution in [3.8, 4) is 11.1 Å². The second kappa shape index (κ2) is 6.52. The van der Waals surface area contributed by atoms with Crippen molar-refractivity contribution in [2.45, 2.75) is 11.8 Å². The van der Waals surface area contributed by atoms with Gasteiger partial charge in [-0.25, -0.2) is 8.42 Å². The molecule has 0 saturated carbocycles. The van der Waals surface area contributed by atoms with Crippen LogP contribution < -0.4 is 5.32 Å². The quantitative estimate of drug-likeness (QED) is 0.769. The fraction of sp³-hybridized carbons (Fsp3) is 0.125. The summed E-state index contributed by atoms with van der Waals surface area (Å²) in [4.78, 5) is 22.2. The molecule has 0 radical (unpaired) electrons. The van der Waals surface area contributed by atoms with E-state index in [0.717, 1.165) is 6.26 Å². The van der Waals surface area contributed by atoms with Gasteiger partial charge in [0, 0.05) is 13.2 Å². The van der Waals surface area contributed by atoms with Crippen molar-refractivity contribution in [1.82, 2.24) is 5.32 Å². The van der Waals surface area contributed by atoms with Crippen LogP contribution in [0.2, 0.25) is 5.02 Å². The highest BCUT2D eigenvalue weighted by Gasteiger charge is 2.15. The number of hydrogen-bond donors (Lipinski definition) is 1. The number of nitrogens with one attached hydrogen (secondary N) is 1. The summed E-state index contributed by atoms with van der Waals surface area (Å²) < 4.78 is 22.5. The van der Waals surface area contributed by atoms with Gasteiger partial charge in [-0.15, -0.1) is 0 Å². The molecule has 3 rings (SSSR count). The van der Waals surface area contributed by atoms with Crippen molar-refractivity contribution in [2.24, 2.45) is 0 Å². The topological polar surface area (TPSA) is 80.3 Å². The predicted molar refractivity (Wildman–Crippen MR) is 88.1 cm³/mol. The number of hydrogen-bond acceptors (Lipinski definition) is 4. The monoisotopic (exact) mass is 351 g/mol. The maximum atomic E-state index is 11.5. The maximum absolute atomic E-state index is 11.5. The standard InChI is InChI=1S/C10H10ClNO4S.C6H4/c1-6(13)12-10(14)8-4-3-7(5-9(8)11)17(2,15)16;1-2-5-4-6(5)3-1/h3-5H,1-2H3,(H,12,13,14);1-4H. The number of amides is 2. The minimum Gasteiger partial charge on any atom is -0.293 e. The van der Waals surface area contributed by atoms with Crippen molar-refractivity contribution in [1.29, 1.82) is 0 Å². The highest BCUT2D eigenvalue weighted by atomic mass is 35.5. The van der Waals surface area contributed by atoms with E-state index in [2.05, 4.69) is 24.3 Å². The van der Waals surface area contributed by atoms with E-state index in [4.69, 9.17) is 11.6 Å². The van der Waals surface area contributed by atoms with E-state index >= 15 is 0 Å². The molecule has 1 aromatic carbocycles. The Morgan fingerprint density at radius 2 is 1.65 bits per heavy atom. The van der Waals surface area contributed by atoms with Gasteiger partial charge in [0.2, 0.25) is 5.91 Å². The van der Waals surface area contributed by atoms with Crippen LogP contribution in [0.25, 0.3) is 11.1 Å². The lowest BCUT2D eigenvalue weighted by Crippen LogP contribution is -2.28. The van der Waals surface area contributed by atoms with Crippen molar-refractivity contribution >= 4 is 33.3 Å². The third kappa shape index (κ3) is 4.64. The molecule has 120 valence electrons. The molecule has 2 aliphatic carbocycles. The lowest BCUT2D eigenvalue weighted by molar-refractivity contribution is -0.118. The van der Waals surface area contributed by atoms with Gasteiger partial charge in [-0.1, -0.05) is 29.8 Å². The van der Waals surface area contributed by atoms with E-state index in [-0.39, 0.29) is 15.5 Å². The molecule has 0 aromatic heterocycles. The van der Waals surface area contributed by atoms with Crippen molar-refractivity contribution < 1.29 is 18.0 Å². The Morgan fingerprint density at radius 3 is 2.00 bits per heavy atom. The summed E-state index contributed by atoms with van der Waals surface area (Å²) in [7, 11) is -3.37. The molecule has 2 amide bonds. The molecular weight excluding hydrogens is 338 g/mol. The average Bonchev–Trinajstić information content (AvgIpc) is 3.03. The van der Waals surface area contributed by atoms with Crippen LogP contribution in [0.1, 0.15) is 17.3 Å². The van der Waals surface area contributed by atoms with Gasteiger partial charge in [0.1, 0.15) is 0 Å². The van der Waals surface area contributed by atoms with E-state index in [1.54, 1.807) is 0 Å². The Bertz CT molecular complexity index is 873. The minimum absolute atomic E-state index is 0.0156. The van der Waals surface area contributed by atoms with Gasteiger partial charge in [0.05, 0.1) is 15.5 Å². The summed E-state index contributed by atoms with van der Waals surface area (Å²) in [5, 5.41) is 2.02. The first-order valence-corrected chi connectivity index (χ1v) is 8.87. The summed E-state index contributed by atoms with van der Waals surface area (Å²) in [6, 6.07) is 12.2. The van der Waals surface area contributed by atoms with Crippen LogP contribution in [0.4, 0.5) is 0 Å². The molecule has 0 atom stereocenters. The highest BCUT2D eigenvalue weighted by Crippen LogP contribution is 2.32. The molecular formula is C16H14ClNO4S. The number of benzene rings is 2. The lowest BCUT2D eigenvalue weighted by Gasteiger charge is -2.05. The fourth-order valence-corrected chi connectivity index (χ4v) is 2.79. The maximum Gasteiger partial charge on any atom is 0.259 e. The smallest absolute Gasteiger partial charge is 0.259 e. The Morgan fingerprint density at radius 1 is 1.04 bits per heavy atom. The third-order valence-electron chi connectivity index (χ3n) is 3.02. The SMILES string of the molecule is CC(=O)NC(=O)c1ccc(S(C)(=O)=O)cc1Cl.c1cc2cc-2c1. The van der Waals surface area contributed by atoms with E-state index in [1.807, 2.05) is 5.32 Å². The van der Waals surface area contributed by atoms with E-state index < -0.39 is 21.7 Å². The van der Waals surface area contributed by atoms with E-state index in [0.29, 0.717) is 0 Å². The summed E-state index contributed by atoms with van der Waals surface area (Å²) in [5.74, 6) is -1.18. The Kier molecular flexibility index (Phi) is 4.87. The first-order chi connectivity index (χ1) is 10.7. The zero-order valence-corrected chi connectivity index (χ0v) is 14.0. The highest BCUT2D eigenvalue weighted by molar-refractivity contribution is 7.90. The van der Waals surface area contributed by atoms with Crippen molar-refractivity contribution in [2.75, 3.05) is 6.26 Å². The molecule has 0 saturated heterocycles. The molecule has 1 aromatic rings. The van der Waals surface area contributed by atoms with Gasteiger partial charge >= 0.3 is 0 Å². The van der Waals surface area contributed by atoms with Crippen LogP contribution in [-0.4, -0.2) is 26.5 Å². The molecule has 0 heterocycles. The molecule has 0 spiro atoms. The van der Waals surface area contributed by atoms with Crippen LogP contribution in [0.5, 0.6) is 0 Å². The molecule has 2 aliphatic rings. The number of sulfone groups is 1. The van der Waals surface area contributed by atoms with Crippen LogP contribution >= 0.6 is 11.6 Å². The van der Waals surface area contributed by atoms with Crippen LogP contribution in [0.3, 0.4) is 0 Å². The number of halogens is 1. The zero-order valence-electron chi connectivity index (χ0n) is 12.5. The summed E-state index contributed by atoms with van der Waals surface area (Å²) in [5.41, 5.74) is 2.90. The lowest BCUT2D eigenvalue weighted by atomic mass is 10.2. The van der Waals surface area contributed by atoms with E-state index in [1.165, 1.54) is 36.2 Å². The zero-order chi connectivity index (χ0) is 17.2. The van der Waals surface area contributed by atoms with Crippen molar-refractivity contribution in [3.05, 3.63) is 53.1 Å². The number of carbonyl (C=O) groups excluding carboxylic acids is 2. The third-order valence-corrected chi connectivity index (χ3v) is 4.44. The molecule has 0 bridgehead atoms. The predicted octanol–water partition coefficient (Wildman–Crippen LogP) is 2.69. The second-order valence-electron chi connectivity index (χ2n) is 5.00. The van der Waals surface area contributed by atoms with E-state index in [9.17, 15) is 18.0 Å². The molecule has 0 aliphatic heterocycles.